The van der Waals surface area contributed by atoms with Crippen LogP contribution in [0.25, 0.3) is 94.1 Å². The van der Waals surface area contributed by atoms with Crippen molar-refractivity contribution in [1.29, 1.82) is 0 Å². The molecule has 0 amide bonds. The van der Waals surface area contributed by atoms with Crippen LogP contribution in [0.2, 0.25) is 0 Å². The molecule has 0 saturated carbocycles. The summed E-state index contributed by atoms with van der Waals surface area (Å²) in [6.07, 6.45) is 0. The van der Waals surface area contributed by atoms with Crippen LogP contribution in [0.15, 0.2) is 158 Å². The smallest absolute Gasteiger partial charge is 0.124 e. The van der Waals surface area contributed by atoms with Crippen LogP contribution in [0.3, 0.4) is 0 Å². The first-order chi connectivity index (χ1) is 24.7. The highest BCUT2D eigenvalue weighted by atomic mass is 32.1. The summed E-state index contributed by atoms with van der Waals surface area (Å²) in [6, 6.07) is 56.7. The van der Waals surface area contributed by atoms with Gasteiger partial charge < -0.3 is 0 Å². The summed E-state index contributed by atoms with van der Waals surface area (Å²) in [5.41, 5.74) is 9.35. The molecule has 0 radical (unpaired) electrons. The van der Waals surface area contributed by atoms with Crippen molar-refractivity contribution < 1.29 is 0 Å². The summed E-state index contributed by atoms with van der Waals surface area (Å²) in [5, 5.41) is 4.48. The summed E-state index contributed by atoms with van der Waals surface area (Å²) in [7, 11) is 0. The maximum atomic E-state index is 5.07. The molecule has 4 heterocycles. The molecule has 0 unspecified atom stereocenters. The zero-order valence-electron chi connectivity index (χ0n) is 26.5. The molecule has 236 valence electrons. The van der Waals surface area contributed by atoms with Gasteiger partial charge in [0, 0.05) is 30.6 Å². The average molecular weight is 711 g/mol. The fraction of sp³-hybridized carbons (Fsp3) is 0. The summed E-state index contributed by atoms with van der Waals surface area (Å²) < 4.78 is 2.38. The quantitative estimate of drug-likeness (QED) is 0.172. The molecule has 0 spiro atoms. The Hall–Kier alpha value is -5.24. The van der Waals surface area contributed by atoms with Crippen molar-refractivity contribution in [1.82, 2.24) is 9.97 Å². The van der Waals surface area contributed by atoms with Gasteiger partial charge in [0.1, 0.15) is 10.0 Å². The molecule has 0 aliphatic rings. The maximum Gasteiger partial charge on any atom is 0.124 e. The third-order valence-corrected chi connectivity index (χ3v) is 13.5. The highest BCUT2D eigenvalue weighted by molar-refractivity contribution is 7.22. The van der Waals surface area contributed by atoms with Gasteiger partial charge in [0.05, 0.1) is 20.4 Å². The van der Waals surface area contributed by atoms with Gasteiger partial charge in [-0.1, -0.05) is 109 Å². The van der Waals surface area contributed by atoms with Gasteiger partial charge in [-0.3, -0.25) is 0 Å². The SMILES string of the molecule is c1ccc(-c2ccc(-c3ccc(-c4nc5cc6cc7sc(-c8ccc(-c9ccc(-c%10ccccc%10)s9)cc8)nc7cc6cc5s4)cc3)s2)cc1. The van der Waals surface area contributed by atoms with E-state index in [4.69, 9.17) is 9.97 Å². The lowest BCUT2D eigenvalue weighted by Gasteiger charge is -2.00. The van der Waals surface area contributed by atoms with Gasteiger partial charge >= 0.3 is 0 Å². The van der Waals surface area contributed by atoms with E-state index in [2.05, 4.69) is 158 Å². The lowest BCUT2D eigenvalue weighted by Crippen LogP contribution is -1.78. The van der Waals surface area contributed by atoms with E-state index in [-0.39, 0.29) is 0 Å². The van der Waals surface area contributed by atoms with E-state index in [0.717, 1.165) is 32.2 Å². The third-order valence-electron chi connectivity index (χ3n) is 9.01. The molecular formula is C44H26N2S4. The molecule has 0 N–H and O–H groups in total. The summed E-state index contributed by atoms with van der Waals surface area (Å²) in [4.78, 5) is 15.3. The first-order valence-electron chi connectivity index (χ1n) is 16.4. The van der Waals surface area contributed by atoms with Crippen LogP contribution in [-0.4, -0.2) is 9.97 Å². The topological polar surface area (TPSA) is 25.8 Å². The number of benzene rings is 6. The molecule has 0 aliphatic carbocycles. The zero-order chi connectivity index (χ0) is 33.0. The highest BCUT2D eigenvalue weighted by Gasteiger charge is 2.13. The van der Waals surface area contributed by atoms with E-state index in [1.54, 1.807) is 22.7 Å². The van der Waals surface area contributed by atoms with Gasteiger partial charge in [0.2, 0.25) is 0 Å². The number of hydrogen-bond donors (Lipinski definition) is 0. The minimum atomic E-state index is 1.04. The Morgan fingerprint density at radius 1 is 0.300 bits per heavy atom. The highest BCUT2D eigenvalue weighted by Crippen LogP contribution is 2.40. The van der Waals surface area contributed by atoms with Crippen molar-refractivity contribution >= 4 is 76.6 Å². The third kappa shape index (κ3) is 5.47. The van der Waals surface area contributed by atoms with Crippen LogP contribution >= 0.6 is 45.3 Å². The lowest BCUT2D eigenvalue weighted by molar-refractivity contribution is 1.48. The van der Waals surface area contributed by atoms with E-state index in [1.807, 2.05) is 22.7 Å². The van der Waals surface area contributed by atoms with E-state index in [9.17, 15) is 0 Å². The molecule has 6 aromatic carbocycles. The molecule has 0 aliphatic heterocycles. The first kappa shape index (κ1) is 29.7. The van der Waals surface area contributed by atoms with Gasteiger partial charge in [0.15, 0.2) is 0 Å². The van der Waals surface area contributed by atoms with Gasteiger partial charge in [-0.05, 0) is 81.6 Å². The fourth-order valence-corrected chi connectivity index (χ4v) is 10.4. The predicted molar refractivity (Wildman–Crippen MR) is 219 cm³/mol. The molecule has 0 bridgehead atoms. The molecule has 10 aromatic rings. The molecule has 0 atom stereocenters. The minimum absolute atomic E-state index is 1.04. The minimum Gasteiger partial charge on any atom is -0.236 e. The first-order valence-corrected chi connectivity index (χ1v) is 19.6. The molecular weight excluding hydrogens is 685 g/mol. The van der Waals surface area contributed by atoms with Crippen molar-refractivity contribution in [3.63, 3.8) is 0 Å². The van der Waals surface area contributed by atoms with E-state index in [1.165, 1.54) is 61.9 Å². The standard InChI is InChI=1S/C44H26N2S4/c1-3-7-27(8-4-1)37-19-21-39(47-37)29-11-15-31(16-12-29)43-45-35-23-33-26-42-36(24-34(33)25-41(35)49-43)46-44(50-42)32-17-13-30(14-18-32)40-22-20-38(48-40)28-9-5-2-6-10-28/h1-26H. The number of hydrogen-bond acceptors (Lipinski definition) is 6. The normalized spacial score (nSPS) is 11.6. The van der Waals surface area contributed by atoms with Crippen LogP contribution in [-0.2, 0) is 0 Å². The Labute approximate surface area is 305 Å². The van der Waals surface area contributed by atoms with E-state index < -0.39 is 0 Å². The second-order valence-corrected chi connectivity index (χ2v) is 16.5. The number of aromatic nitrogens is 2. The Morgan fingerprint density at radius 2 is 0.640 bits per heavy atom. The molecule has 0 fully saturated rings. The summed E-state index contributed by atoms with van der Waals surface area (Å²) in [6.45, 7) is 0. The molecule has 4 aromatic heterocycles. The van der Waals surface area contributed by atoms with Gasteiger partial charge in [-0.15, -0.1) is 45.3 Å². The Morgan fingerprint density at radius 3 is 1.02 bits per heavy atom. The lowest BCUT2D eigenvalue weighted by atomic mass is 10.1. The summed E-state index contributed by atoms with van der Waals surface area (Å²) >= 11 is 7.16. The van der Waals surface area contributed by atoms with E-state index in [0.29, 0.717) is 0 Å². The van der Waals surface area contributed by atoms with Crippen LogP contribution in [0.5, 0.6) is 0 Å². The summed E-state index contributed by atoms with van der Waals surface area (Å²) in [5.74, 6) is 0. The van der Waals surface area contributed by atoms with Crippen LogP contribution in [0, 0.1) is 0 Å². The number of nitrogens with zero attached hydrogens (tertiary/aromatic N) is 2. The Kier molecular flexibility index (Phi) is 7.28. The van der Waals surface area contributed by atoms with Crippen molar-refractivity contribution in [3.8, 4) is 62.9 Å². The maximum absolute atomic E-state index is 5.07. The monoisotopic (exact) mass is 710 g/mol. The molecule has 0 saturated heterocycles. The van der Waals surface area contributed by atoms with Gasteiger partial charge in [0.25, 0.3) is 0 Å². The van der Waals surface area contributed by atoms with Crippen molar-refractivity contribution in [3.05, 3.63) is 158 Å². The number of thiophene rings is 2. The van der Waals surface area contributed by atoms with Crippen molar-refractivity contribution in [2.75, 3.05) is 0 Å². The molecule has 50 heavy (non-hydrogen) atoms. The second kappa shape index (κ2) is 12.3. The van der Waals surface area contributed by atoms with Crippen molar-refractivity contribution in [2.24, 2.45) is 0 Å². The van der Waals surface area contributed by atoms with Gasteiger partial charge in [-0.25, -0.2) is 9.97 Å². The van der Waals surface area contributed by atoms with Gasteiger partial charge in [-0.2, -0.15) is 0 Å². The van der Waals surface area contributed by atoms with Crippen LogP contribution < -0.4 is 0 Å². The Bertz CT molecular complexity index is 2530. The number of fused-ring (bicyclic) bond motifs is 3. The van der Waals surface area contributed by atoms with E-state index >= 15 is 0 Å². The fourth-order valence-electron chi connectivity index (χ4n) is 6.40. The second-order valence-electron chi connectivity index (χ2n) is 12.2. The largest absolute Gasteiger partial charge is 0.236 e. The van der Waals surface area contributed by atoms with Crippen molar-refractivity contribution in [2.45, 2.75) is 0 Å². The predicted octanol–water partition coefficient (Wildman–Crippen LogP) is 14.2. The number of thiazole rings is 2. The number of rotatable bonds is 6. The van der Waals surface area contributed by atoms with Crippen LogP contribution in [0.4, 0.5) is 0 Å². The molecule has 10 rings (SSSR count). The zero-order valence-corrected chi connectivity index (χ0v) is 29.8. The van der Waals surface area contributed by atoms with Crippen LogP contribution in [0.1, 0.15) is 0 Å². The molecule has 6 heteroatoms. The molecule has 2 nitrogen and oxygen atoms in total. The average Bonchev–Trinajstić information content (AvgIpc) is 4.00. The Balaban J connectivity index is 0.902.